The normalized spacial score (nSPS) is 18.4. The van der Waals surface area contributed by atoms with Crippen LogP contribution in [0.1, 0.15) is 66.4 Å². The van der Waals surface area contributed by atoms with Crippen LogP contribution in [0.25, 0.3) is 6.08 Å². The van der Waals surface area contributed by atoms with Crippen molar-refractivity contribution in [2.75, 3.05) is 13.1 Å². The second-order valence-corrected chi connectivity index (χ2v) is 5.96. The first-order chi connectivity index (χ1) is 11.1. The van der Waals surface area contributed by atoms with E-state index in [9.17, 15) is 0 Å². The molecule has 1 aromatic carbocycles. The summed E-state index contributed by atoms with van der Waals surface area (Å²) in [6.45, 7) is 19.0. The van der Waals surface area contributed by atoms with Crippen LogP contribution in [-0.4, -0.2) is 18.0 Å². The predicted molar refractivity (Wildman–Crippen MR) is 107 cm³/mol. The summed E-state index contributed by atoms with van der Waals surface area (Å²) in [5.74, 6) is 0.626. The Morgan fingerprint density at radius 1 is 1.17 bits per heavy atom. The maximum atomic E-state index is 4.03. The molecule has 1 fully saturated rings. The molecule has 1 aromatic rings. The fourth-order valence-corrected chi connectivity index (χ4v) is 2.37. The first-order valence-electron chi connectivity index (χ1n) is 9.24. The maximum absolute atomic E-state index is 4.03. The van der Waals surface area contributed by atoms with Crippen LogP contribution in [0.4, 0.5) is 0 Å². The minimum absolute atomic E-state index is 0.626. The molecule has 1 aliphatic rings. The van der Waals surface area contributed by atoms with Gasteiger partial charge in [-0.05, 0) is 24.8 Å². The van der Waals surface area contributed by atoms with E-state index >= 15 is 0 Å². The molecule has 2 rings (SSSR count). The Bertz CT molecular complexity index is 442. The number of likely N-dealkylation sites (tertiary alicyclic amines) is 1. The van der Waals surface area contributed by atoms with E-state index < -0.39 is 0 Å². The van der Waals surface area contributed by atoms with E-state index in [2.05, 4.69) is 75.6 Å². The largest absolute Gasteiger partial charge is 0.375 e. The summed E-state index contributed by atoms with van der Waals surface area (Å²) in [5, 5.41) is 0. The van der Waals surface area contributed by atoms with Crippen LogP contribution in [0, 0.1) is 5.92 Å². The summed E-state index contributed by atoms with van der Waals surface area (Å²) < 4.78 is 0. The lowest BCUT2D eigenvalue weighted by atomic mass is 9.91. The van der Waals surface area contributed by atoms with Gasteiger partial charge in [-0.2, -0.15) is 0 Å². The molecule has 1 saturated heterocycles. The molecule has 0 N–H and O–H groups in total. The van der Waals surface area contributed by atoms with Gasteiger partial charge in [-0.1, -0.05) is 96.0 Å². The van der Waals surface area contributed by atoms with Crippen molar-refractivity contribution in [2.24, 2.45) is 5.92 Å². The number of benzene rings is 1. The van der Waals surface area contributed by atoms with Gasteiger partial charge in [0.15, 0.2) is 0 Å². The third-order valence-electron chi connectivity index (χ3n) is 3.99. The van der Waals surface area contributed by atoms with Gasteiger partial charge in [0.1, 0.15) is 0 Å². The molecule has 0 aromatic heterocycles. The van der Waals surface area contributed by atoms with Crippen molar-refractivity contribution in [1.29, 1.82) is 0 Å². The molecule has 0 bridgehead atoms. The summed E-state index contributed by atoms with van der Waals surface area (Å²) >= 11 is 0. The van der Waals surface area contributed by atoms with E-state index in [1.54, 1.807) is 5.57 Å². The van der Waals surface area contributed by atoms with Gasteiger partial charge >= 0.3 is 0 Å². The second-order valence-electron chi connectivity index (χ2n) is 5.96. The van der Waals surface area contributed by atoms with Crippen molar-refractivity contribution in [1.82, 2.24) is 4.90 Å². The highest BCUT2D eigenvalue weighted by molar-refractivity contribution is 5.53. The van der Waals surface area contributed by atoms with Crippen molar-refractivity contribution in [3.05, 3.63) is 53.7 Å². The number of nitrogens with zero attached hydrogens (tertiary/aromatic N) is 1. The quantitative estimate of drug-likeness (QED) is 0.594. The molecule has 1 unspecified atom stereocenters. The standard InChI is InChI=1S/C16H21N.C4H10.C2H6/c1-13(2)17-10-9-16(14(3)12-17)11-15-7-5-4-6-8-15;1-3-4-2;1-2/h4-8,11,14H,1,9-10,12H2,2-3H3;3-4H2,1-2H3;1-2H3/b16-11+;;. The molecule has 23 heavy (non-hydrogen) atoms. The third kappa shape index (κ3) is 8.64. The summed E-state index contributed by atoms with van der Waals surface area (Å²) in [6, 6.07) is 10.6. The molecular weight excluding hydrogens is 278 g/mol. The van der Waals surface area contributed by atoms with Crippen molar-refractivity contribution in [2.45, 2.75) is 60.8 Å². The van der Waals surface area contributed by atoms with Crippen molar-refractivity contribution < 1.29 is 0 Å². The lowest BCUT2D eigenvalue weighted by molar-refractivity contribution is 0.279. The third-order valence-corrected chi connectivity index (χ3v) is 3.99. The van der Waals surface area contributed by atoms with Crippen molar-refractivity contribution in [3.8, 4) is 0 Å². The monoisotopic (exact) mass is 315 g/mol. The van der Waals surface area contributed by atoms with Crippen LogP contribution in [0.5, 0.6) is 0 Å². The first kappa shape index (κ1) is 21.5. The maximum Gasteiger partial charge on any atom is 0.0237 e. The average Bonchev–Trinajstić information content (AvgIpc) is 2.59. The zero-order valence-corrected chi connectivity index (χ0v) is 16.2. The van der Waals surface area contributed by atoms with Crippen LogP contribution in [-0.2, 0) is 0 Å². The molecule has 130 valence electrons. The predicted octanol–water partition coefficient (Wildman–Crippen LogP) is 6.78. The molecule has 1 heterocycles. The molecule has 0 aliphatic carbocycles. The molecule has 0 radical (unpaired) electrons. The van der Waals surface area contributed by atoms with Gasteiger partial charge in [-0.15, -0.1) is 0 Å². The minimum atomic E-state index is 0.626. The average molecular weight is 316 g/mol. The highest BCUT2D eigenvalue weighted by Gasteiger charge is 2.19. The highest BCUT2D eigenvalue weighted by atomic mass is 15.1. The number of allylic oxidation sites excluding steroid dienone is 1. The Labute approximate surface area is 145 Å². The summed E-state index contributed by atoms with van der Waals surface area (Å²) in [7, 11) is 0. The molecule has 1 aliphatic heterocycles. The van der Waals surface area contributed by atoms with Crippen molar-refractivity contribution in [3.63, 3.8) is 0 Å². The van der Waals surface area contributed by atoms with E-state index in [1.807, 2.05) is 13.8 Å². The molecular formula is C22H37N. The zero-order valence-electron chi connectivity index (χ0n) is 16.2. The topological polar surface area (TPSA) is 3.24 Å². The number of rotatable bonds is 3. The summed E-state index contributed by atoms with van der Waals surface area (Å²) in [5.41, 5.74) is 4.07. The van der Waals surface area contributed by atoms with E-state index in [1.165, 1.54) is 24.1 Å². The van der Waals surface area contributed by atoms with Gasteiger partial charge in [0.2, 0.25) is 0 Å². The van der Waals surface area contributed by atoms with Gasteiger partial charge in [-0.3, -0.25) is 0 Å². The van der Waals surface area contributed by atoms with Gasteiger partial charge in [0, 0.05) is 18.8 Å². The van der Waals surface area contributed by atoms with E-state index in [0.29, 0.717) is 5.92 Å². The Hall–Kier alpha value is -1.50. The van der Waals surface area contributed by atoms with Gasteiger partial charge in [0.25, 0.3) is 0 Å². The second kappa shape index (κ2) is 13.0. The lowest BCUT2D eigenvalue weighted by Gasteiger charge is -2.35. The Morgan fingerprint density at radius 3 is 2.17 bits per heavy atom. The number of piperidine rings is 1. The molecule has 0 spiro atoms. The molecule has 0 amide bonds. The SMILES string of the molecule is C=C(C)N1CC/C(=C\c2ccccc2)C(C)C1.CC.CCCC. The smallest absolute Gasteiger partial charge is 0.0237 e. The van der Waals surface area contributed by atoms with Crippen LogP contribution in [0.3, 0.4) is 0 Å². The molecule has 0 saturated carbocycles. The molecule has 1 nitrogen and oxygen atoms in total. The molecule has 1 atom stereocenters. The van der Waals surface area contributed by atoms with Crippen LogP contribution in [0.15, 0.2) is 48.2 Å². The number of hydrogen-bond acceptors (Lipinski definition) is 1. The van der Waals surface area contributed by atoms with Gasteiger partial charge in [-0.25, -0.2) is 0 Å². The van der Waals surface area contributed by atoms with E-state index in [0.717, 1.165) is 19.5 Å². The summed E-state index contributed by atoms with van der Waals surface area (Å²) in [4.78, 5) is 2.38. The Balaban J connectivity index is 0.000000705. The Kier molecular flexibility index (Phi) is 12.1. The van der Waals surface area contributed by atoms with Crippen LogP contribution >= 0.6 is 0 Å². The van der Waals surface area contributed by atoms with Crippen LogP contribution in [0.2, 0.25) is 0 Å². The van der Waals surface area contributed by atoms with Gasteiger partial charge in [0.05, 0.1) is 0 Å². The fourth-order valence-electron chi connectivity index (χ4n) is 2.37. The summed E-state index contributed by atoms with van der Waals surface area (Å²) in [6.07, 6.45) is 6.14. The lowest BCUT2D eigenvalue weighted by Crippen LogP contribution is -2.33. The van der Waals surface area contributed by atoms with Crippen molar-refractivity contribution >= 4 is 6.08 Å². The fraction of sp³-hybridized carbons (Fsp3) is 0.545. The molecule has 1 heteroatoms. The highest BCUT2D eigenvalue weighted by Crippen LogP contribution is 2.26. The van der Waals surface area contributed by atoms with Crippen LogP contribution < -0.4 is 0 Å². The number of unbranched alkanes of at least 4 members (excludes halogenated alkanes) is 1. The van der Waals surface area contributed by atoms with E-state index in [-0.39, 0.29) is 0 Å². The number of hydrogen-bond donors (Lipinski definition) is 0. The minimum Gasteiger partial charge on any atom is -0.375 e. The zero-order chi connectivity index (χ0) is 17.7. The van der Waals surface area contributed by atoms with E-state index in [4.69, 9.17) is 0 Å². The Morgan fingerprint density at radius 2 is 1.74 bits per heavy atom. The first-order valence-corrected chi connectivity index (χ1v) is 9.24. The van der Waals surface area contributed by atoms with Gasteiger partial charge < -0.3 is 4.90 Å².